The third-order valence-electron chi connectivity index (χ3n) is 3.47. The van der Waals surface area contributed by atoms with Gasteiger partial charge in [0, 0.05) is 17.7 Å². The van der Waals surface area contributed by atoms with E-state index in [2.05, 4.69) is 4.98 Å². The van der Waals surface area contributed by atoms with Crippen LogP contribution >= 0.6 is 0 Å². The number of halogens is 1. The molecule has 0 amide bonds. The smallest absolute Gasteiger partial charge is 0.256 e. The molecular weight excluding hydrogens is 281 g/mol. The average Bonchev–Trinajstić information content (AvgIpc) is 2.51. The van der Waals surface area contributed by atoms with Gasteiger partial charge in [0.1, 0.15) is 0 Å². The van der Waals surface area contributed by atoms with Crippen LogP contribution in [-0.4, -0.2) is 10.1 Å². The number of phenolic OH excluding ortho intramolecular Hbond substituents is 1. The molecule has 0 unspecified atom stereocenters. The zero-order valence-corrected chi connectivity index (χ0v) is 11.7. The zero-order valence-electron chi connectivity index (χ0n) is 11.7. The van der Waals surface area contributed by atoms with Gasteiger partial charge in [-0.3, -0.25) is 4.79 Å². The third kappa shape index (κ3) is 2.91. The van der Waals surface area contributed by atoms with Crippen LogP contribution in [0.5, 0.6) is 5.75 Å². The van der Waals surface area contributed by atoms with Gasteiger partial charge >= 0.3 is 0 Å². The predicted molar refractivity (Wildman–Crippen MR) is 83.4 cm³/mol. The first kappa shape index (κ1) is 14.1. The van der Waals surface area contributed by atoms with E-state index in [4.69, 9.17) is 0 Å². The Morgan fingerprint density at radius 1 is 1.00 bits per heavy atom. The van der Waals surface area contributed by atoms with Crippen molar-refractivity contribution in [3.05, 3.63) is 88.1 Å². The number of aromatic amines is 1. The topological polar surface area (TPSA) is 53.1 Å². The Kier molecular flexibility index (Phi) is 3.74. The SMILES string of the molecule is O=c1[nH]c(Cc2ccccc2)ccc1-c1ccc(O)c(F)c1. The van der Waals surface area contributed by atoms with Crippen LogP contribution in [0.15, 0.2) is 65.5 Å². The van der Waals surface area contributed by atoms with Crippen molar-refractivity contribution in [3.8, 4) is 16.9 Å². The van der Waals surface area contributed by atoms with Gasteiger partial charge in [0.25, 0.3) is 5.56 Å². The number of aromatic nitrogens is 1. The highest BCUT2D eigenvalue weighted by Gasteiger charge is 2.08. The van der Waals surface area contributed by atoms with E-state index in [1.807, 2.05) is 36.4 Å². The highest BCUT2D eigenvalue weighted by Crippen LogP contribution is 2.22. The standard InChI is InChI=1S/C18H14FNO2/c19-16-11-13(6-9-17(16)21)15-8-7-14(20-18(15)22)10-12-4-2-1-3-5-12/h1-9,11,21H,10H2,(H,20,22). The fourth-order valence-corrected chi connectivity index (χ4v) is 2.34. The van der Waals surface area contributed by atoms with Crippen molar-refractivity contribution in [1.29, 1.82) is 0 Å². The van der Waals surface area contributed by atoms with Crippen LogP contribution in [0.1, 0.15) is 11.3 Å². The molecule has 22 heavy (non-hydrogen) atoms. The molecule has 3 rings (SSSR count). The van der Waals surface area contributed by atoms with E-state index in [9.17, 15) is 14.3 Å². The summed E-state index contributed by atoms with van der Waals surface area (Å²) >= 11 is 0. The summed E-state index contributed by atoms with van der Waals surface area (Å²) < 4.78 is 13.4. The van der Waals surface area contributed by atoms with Crippen molar-refractivity contribution >= 4 is 0 Å². The van der Waals surface area contributed by atoms with Crippen molar-refractivity contribution in [2.75, 3.05) is 0 Å². The molecule has 1 aromatic heterocycles. The summed E-state index contributed by atoms with van der Waals surface area (Å²) in [5.74, 6) is -1.17. The van der Waals surface area contributed by atoms with Crippen LogP contribution in [0.4, 0.5) is 4.39 Å². The lowest BCUT2D eigenvalue weighted by molar-refractivity contribution is 0.432. The first-order chi connectivity index (χ1) is 10.6. The number of benzene rings is 2. The Morgan fingerprint density at radius 2 is 1.77 bits per heavy atom. The molecule has 0 saturated heterocycles. The van der Waals surface area contributed by atoms with Crippen molar-refractivity contribution in [2.24, 2.45) is 0 Å². The van der Waals surface area contributed by atoms with E-state index in [-0.39, 0.29) is 5.56 Å². The Bertz CT molecular complexity index is 856. The van der Waals surface area contributed by atoms with Gasteiger partial charge in [-0.15, -0.1) is 0 Å². The van der Waals surface area contributed by atoms with E-state index in [1.54, 1.807) is 6.07 Å². The Labute approximate surface area is 126 Å². The van der Waals surface area contributed by atoms with Crippen LogP contribution in [0.25, 0.3) is 11.1 Å². The lowest BCUT2D eigenvalue weighted by atomic mass is 10.0. The van der Waals surface area contributed by atoms with Crippen LogP contribution in [0.3, 0.4) is 0 Å². The number of hydrogen-bond acceptors (Lipinski definition) is 2. The van der Waals surface area contributed by atoms with Gasteiger partial charge in [0.15, 0.2) is 11.6 Å². The zero-order chi connectivity index (χ0) is 15.5. The highest BCUT2D eigenvalue weighted by atomic mass is 19.1. The van der Waals surface area contributed by atoms with E-state index < -0.39 is 11.6 Å². The fraction of sp³-hybridized carbons (Fsp3) is 0.0556. The molecule has 0 aliphatic rings. The van der Waals surface area contributed by atoms with E-state index >= 15 is 0 Å². The fourth-order valence-electron chi connectivity index (χ4n) is 2.34. The highest BCUT2D eigenvalue weighted by molar-refractivity contribution is 5.63. The Hall–Kier alpha value is -2.88. The van der Waals surface area contributed by atoms with E-state index in [0.717, 1.165) is 17.3 Å². The normalized spacial score (nSPS) is 10.6. The maximum absolute atomic E-state index is 13.4. The second-order valence-electron chi connectivity index (χ2n) is 5.05. The molecule has 0 radical (unpaired) electrons. The van der Waals surface area contributed by atoms with Crippen molar-refractivity contribution in [2.45, 2.75) is 6.42 Å². The minimum Gasteiger partial charge on any atom is -0.505 e. The first-order valence-corrected chi connectivity index (χ1v) is 6.88. The number of phenols is 1. The van der Waals surface area contributed by atoms with Gasteiger partial charge in [-0.1, -0.05) is 36.4 Å². The van der Waals surface area contributed by atoms with Gasteiger partial charge in [-0.25, -0.2) is 4.39 Å². The molecule has 0 aliphatic heterocycles. The molecule has 3 nitrogen and oxygen atoms in total. The lowest BCUT2D eigenvalue weighted by Gasteiger charge is -2.05. The summed E-state index contributed by atoms with van der Waals surface area (Å²) in [4.78, 5) is 15.0. The van der Waals surface area contributed by atoms with Gasteiger partial charge in [-0.2, -0.15) is 0 Å². The Morgan fingerprint density at radius 3 is 2.45 bits per heavy atom. The number of nitrogens with one attached hydrogen (secondary N) is 1. The summed E-state index contributed by atoms with van der Waals surface area (Å²) in [6, 6.07) is 17.2. The largest absolute Gasteiger partial charge is 0.505 e. The molecule has 4 heteroatoms. The van der Waals surface area contributed by atoms with Gasteiger partial charge in [0.05, 0.1) is 0 Å². The monoisotopic (exact) mass is 295 g/mol. The first-order valence-electron chi connectivity index (χ1n) is 6.88. The van der Waals surface area contributed by atoms with Crippen molar-refractivity contribution in [3.63, 3.8) is 0 Å². The van der Waals surface area contributed by atoms with Gasteiger partial charge in [0.2, 0.25) is 0 Å². The number of pyridine rings is 1. The molecule has 110 valence electrons. The summed E-state index contributed by atoms with van der Waals surface area (Å²) in [5.41, 5.74) is 2.41. The number of rotatable bonds is 3. The van der Waals surface area contributed by atoms with Crippen LogP contribution < -0.4 is 5.56 Å². The molecular formula is C18H14FNO2. The minimum absolute atomic E-state index is 0.279. The van der Waals surface area contributed by atoms with Crippen molar-refractivity contribution < 1.29 is 9.50 Å². The van der Waals surface area contributed by atoms with Gasteiger partial charge < -0.3 is 10.1 Å². The molecule has 0 spiro atoms. The molecule has 1 heterocycles. The number of hydrogen-bond donors (Lipinski definition) is 2. The summed E-state index contributed by atoms with van der Waals surface area (Å²) in [5, 5.41) is 9.21. The van der Waals surface area contributed by atoms with Crippen molar-refractivity contribution in [1.82, 2.24) is 4.98 Å². The summed E-state index contributed by atoms with van der Waals surface area (Å²) in [6.45, 7) is 0. The molecule has 0 saturated carbocycles. The van der Waals surface area contributed by atoms with Crippen LogP contribution in [0.2, 0.25) is 0 Å². The second kappa shape index (κ2) is 5.85. The molecule has 0 atom stereocenters. The van der Waals surface area contributed by atoms with Crippen LogP contribution in [0, 0.1) is 5.82 Å². The predicted octanol–water partition coefficient (Wildman–Crippen LogP) is 3.48. The second-order valence-corrected chi connectivity index (χ2v) is 5.05. The molecule has 0 fully saturated rings. The maximum Gasteiger partial charge on any atom is 0.256 e. The van der Waals surface area contributed by atoms with Gasteiger partial charge in [-0.05, 0) is 35.4 Å². The average molecular weight is 295 g/mol. The van der Waals surface area contributed by atoms with E-state index in [0.29, 0.717) is 17.5 Å². The molecule has 0 aliphatic carbocycles. The van der Waals surface area contributed by atoms with E-state index in [1.165, 1.54) is 12.1 Å². The Balaban J connectivity index is 1.92. The number of H-pyrrole nitrogens is 1. The number of aromatic hydroxyl groups is 1. The minimum atomic E-state index is -0.745. The molecule has 2 N–H and O–H groups in total. The summed E-state index contributed by atoms with van der Waals surface area (Å²) in [6.07, 6.45) is 0.625. The maximum atomic E-state index is 13.4. The lowest BCUT2D eigenvalue weighted by Crippen LogP contribution is -2.11. The third-order valence-corrected chi connectivity index (χ3v) is 3.47. The quantitative estimate of drug-likeness (QED) is 0.777. The molecule has 2 aromatic carbocycles. The molecule has 3 aromatic rings. The van der Waals surface area contributed by atoms with Crippen LogP contribution in [-0.2, 0) is 6.42 Å². The summed E-state index contributed by atoms with van der Waals surface area (Å²) in [7, 11) is 0. The molecule has 0 bridgehead atoms.